The van der Waals surface area contributed by atoms with E-state index in [9.17, 15) is 9.90 Å². The maximum Gasteiger partial charge on any atom is 0.316 e. The van der Waals surface area contributed by atoms with E-state index in [2.05, 4.69) is 19.6 Å². The fraction of sp³-hybridized carbons (Fsp3) is 0.759. The highest BCUT2D eigenvalue weighted by atomic mass is 32.1. The summed E-state index contributed by atoms with van der Waals surface area (Å²) in [6.45, 7) is 6.05. The van der Waals surface area contributed by atoms with Crippen molar-refractivity contribution in [3.05, 3.63) is 28.8 Å². The number of phenolic OH excluding ortho intramolecular Hbond substituents is 1. The zero-order valence-corrected chi connectivity index (χ0v) is 22.6. The molecular weight excluding hydrogens is 428 g/mol. The van der Waals surface area contributed by atoms with Gasteiger partial charge in [0.2, 0.25) is 0 Å². The number of hydrogen-bond acceptors (Lipinski definition) is 4. The number of esters is 1. The second kappa shape index (κ2) is 19.2. The van der Waals surface area contributed by atoms with E-state index in [1.807, 2.05) is 26.0 Å². The van der Waals surface area contributed by atoms with Crippen molar-refractivity contribution in [2.24, 2.45) is 0 Å². The molecule has 0 aromatic heterocycles. The maximum absolute atomic E-state index is 11.9. The van der Waals surface area contributed by atoms with Crippen LogP contribution in [0, 0.1) is 13.8 Å². The molecule has 1 aromatic rings. The molecule has 0 spiro atoms. The van der Waals surface area contributed by atoms with Gasteiger partial charge in [-0.2, -0.15) is 12.6 Å². The van der Waals surface area contributed by atoms with Gasteiger partial charge in [-0.15, -0.1) is 0 Å². The molecule has 190 valence electrons. The Labute approximate surface area is 209 Å². The summed E-state index contributed by atoms with van der Waals surface area (Å²) in [5, 5.41) is 10.0. The maximum atomic E-state index is 11.9. The molecule has 0 saturated carbocycles. The average molecular weight is 479 g/mol. The van der Waals surface area contributed by atoms with E-state index < -0.39 is 0 Å². The molecule has 0 fully saturated rings. The van der Waals surface area contributed by atoms with Crippen molar-refractivity contribution in [3.63, 3.8) is 0 Å². The van der Waals surface area contributed by atoms with Crippen molar-refractivity contribution in [1.82, 2.24) is 0 Å². The number of carbonyl (C=O) groups is 1. The van der Waals surface area contributed by atoms with Gasteiger partial charge < -0.3 is 9.84 Å². The van der Waals surface area contributed by atoms with Gasteiger partial charge in [0.15, 0.2) is 0 Å². The lowest BCUT2D eigenvalue weighted by Crippen LogP contribution is -2.13. The van der Waals surface area contributed by atoms with E-state index in [0.717, 1.165) is 29.5 Å². The Morgan fingerprint density at radius 1 is 0.788 bits per heavy atom. The summed E-state index contributed by atoms with van der Waals surface area (Å²) in [5.74, 6) is 0.120. The molecule has 1 atom stereocenters. The number of rotatable bonds is 20. The molecule has 4 heteroatoms. The predicted octanol–water partition coefficient (Wildman–Crippen LogP) is 9.17. The second-order valence-corrected chi connectivity index (χ2v) is 10.0. The number of ether oxygens (including phenoxy) is 1. The first-order valence-corrected chi connectivity index (χ1v) is 14.2. The third-order valence-corrected chi connectivity index (χ3v) is 6.87. The number of aromatic hydroxyl groups is 1. The normalized spacial score (nSPS) is 12.1. The van der Waals surface area contributed by atoms with Gasteiger partial charge in [0.1, 0.15) is 11.9 Å². The number of thiol groups is 1. The van der Waals surface area contributed by atoms with E-state index in [1.54, 1.807) is 0 Å². The lowest BCUT2D eigenvalue weighted by Gasteiger charge is -2.20. The first kappa shape index (κ1) is 29.9. The zero-order chi connectivity index (χ0) is 24.3. The smallest absolute Gasteiger partial charge is 0.316 e. The third kappa shape index (κ3) is 14.0. The molecule has 33 heavy (non-hydrogen) atoms. The highest BCUT2D eigenvalue weighted by molar-refractivity contribution is 7.81. The van der Waals surface area contributed by atoms with Crippen LogP contribution in [0.25, 0.3) is 0 Å². The molecule has 1 unspecified atom stereocenters. The van der Waals surface area contributed by atoms with Crippen molar-refractivity contribution in [1.29, 1.82) is 0 Å². The first-order valence-electron chi connectivity index (χ1n) is 13.6. The molecule has 0 aliphatic carbocycles. The zero-order valence-electron chi connectivity index (χ0n) is 21.7. The fourth-order valence-corrected chi connectivity index (χ4v) is 4.62. The fourth-order valence-electron chi connectivity index (χ4n) is 4.54. The Morgan fingerprint density at radius 3 is 1.58 bits per heavy atom. The Balaban J connectivity index is 2.13. The number of phenols is 1. The third-order valence-electron chi connectivity index (χ3n) is 6.61. The minimum absolute atomic E-state index is 0.0888. The Morgan fingerprint density at radius 2 is 1.18 bits per heavy atom. The van der Waals surface area contributed by atoms with Crippen LogP contribution < -0.4 is 0 Å². The number of unbranched alkanes of at least 4 members (excludes halogenated alkanes) is 15. The minimum atomic E-state index is -0.289. The second-order valence-electron chi connectivity index (χ2n) is 9.73. The molecule has 1 aromatic carbocycles. The first-order chi connectivity index (χ1) is 16.0. The van der Waals surface area contributed by atoms with Crippen LogP contribution >= 0.6 is 12.6 Å². The number of benzene rings is 1. The van der Waals surface area contributed by atoms with Crippen LogP contribution in [-0.4, -0.2) is 16.8 Å². The summed E-state index contributed by atoms with van der Waals surface area (Å²) in [6, 6.07) is 3.87. The van der Waals surface area contributed by atoms with Gasteiger partial charge in [0.25, 0.3) is 0 Å². The number of aryl methyl sites for hydroxylation is 2. The average Bonchev–Trinajstić information content (AvgIpc) is 2.80. The van der Waals surface area contributed by atoms with Crippen molar-refractivity contribution in [2.45, 2.75) is 136 Å². The molecule has 0 radical (unpaired) electrons. The summed E-state index contributed by atoms with van der Waals surface area (Å²) in [6.07, 6.45) is 22.1. The highest BCUT2D eigenvalue weighted by Crippen LogP contribution is 2.31. The molecule has 1 N–H and O–H groups in total. The van der Waals surface area contributed by atoms with Gasteiger partial charge in [0, 0.05) is 0 Å². The lowest BCUT2D eigenvalue weighted by atomic mass is 9.97. The molecule has 0 heterocycles. The van der Waals surface area contributed by atoms with E-state index >= 15 is 0 Å². The largest absolute Gasteiger partial charge is 0.507 e. The van der Waals surface area contributed by atoms with Crippen LogP contribution in [0.4, 0.5) is 0 Å². The van der Waals surface area contributed by atoms with E-state index in [0.29, 0.717) is 5.75 Å². The van der Waals surface area contributed by atoms with Crippen LogP contribution in [0.1, 0.15) is 139 Å². The van der Waals surface area contributed by atoms with Crippen molar-refractivity contribution < 1.29 is 14.6 Å². The van der Waals surface area contributed by atoms with E-state index in [4.69, 9.17) is 4.74 Å². The summed E-state index contributed by atoms with van der Waals surface area (Å²) >= 11 is 4.05. The minimum Gasteiger partial charge on any atom is -0.507 e. The molecule has 0 aliphatic heterocycles. The van der Waals surface area contributed by atoms with Crippen LogP contribution in [-0.2, 0) is 9.53 Å². The molecule has 0 aliphatic rings. The van der Waals surface area contributed by atoms with Gasteiger partial charge in [-0.1, -0.05) is 103 Å². The van der Waals surface area contributed by atoms with Crippen molar-refractivity contribution in [2.75, 3.05) is 5.75 Å². The summed E-state index contributed by atoms with van der Waals surface area (Å²) in [4.78, 5) is 11.9. The van der Waals surface area contributed by atoms with Crippen LogP contribution in [0.15, 0.2) is 12.1 Å². The molecule has 0 saturated heterocycles. The summed E-state index contributed by atoms with van der Waals surface area (Å²) < 4.78 is 5.66. The van der Waals surface area contributed by atoms with Gasteiger partial charge in [-0.3, -0.25) is 4.79 Å². The van der Waals surface area contributed by atoms with Gasteiger partial charge in [-0.25, -0.2) is 0 Å². The van der Waals surface area contributed by atoms with E-state index in [1.165, 1.54) is 96.3 Å². The highest BCUT2D eigenvalue weighted by Gasteiger charge is 2.18. The summed E-state index contributed by atoms with van der Waals surface area (Å²) in [5.41, 5.74) is 2.62. The standard InChI is InChI=1S/C29H50O3S/c1-4-5-6-7-8-9-10-11-12-13-14-15-16-17-18-19-20-27(32-28(30)23-33)26-21-24(2)29(31)25(3)22-26/h21-22,27,31,33H,4-20,23H2,1-3H3. The van der Waals surface area contributed by atoms with Gasteiger partial charge in [-0.05, 0) is 55.5 Å². The van der Waals surface area contributed by atoms with Gasteiger partial charge in [0.05, 0.1) is 5.75 Å². The molecule has 0 amide bonds. The quantitative estimate of drug-likeness (QED) is 0.111. The van der Waals surface area contributed by atoms with Crippen LogP contribution in [0.3, 0.4) is 0 Å². The summed E-state index contributed by atoms with van der Waals surface area (Å²) in [7, 11) is 0. The molecule has 3 nitrogen and oxygen atoms in total. The predicted molar refractivity (Wildman–Crippen MR) is 144 cm³/mol. The number of carbonyl (C=O) groups excluding carboxylic acids is 1. The van der Waals surface area contributed by atoms with Crippen LogP contribution in [0.2, 0.25) is 0 Å². The van der Waals surface area contributed by atoms with Crippen LogP contribution in [0.5, 0.6) is 5.75 Å². The monoisotopic (exact) mass is 478 g/mol. The number of hydrogen-bond donors (Lipinski definition) is 2. The molecule has 1 rings (SSSR count). The van der Waals surface area contributed by atoms with Gasteiger partial charge >= 0.3 is 5.97 Å². The Bertz CT molecular complexity index is 621. The lowest BCUT2D eigenvalue weighted by molar-refractivity contribution is -0.146. The SMILES string of the molecule is CCCCCCCCCCCCCCCCCCC(OC(=O)CS)c1cc(C)c(O)c(C)c1. The topological polar surface area (TPSA) is 46.5 Å². The van der Waals surface area contributed by atoms with Crippen molar-refractivity contribution >= 4 is 18.6 Å². The Hall–Kier alpha value is -1.16. The van der Waals surface area contributed by atoms with Crippen molar-refractivity contribution in [3.8, 4) is 5.75 Å². The molecule has 0 bridgehead atoms. The van der Waals surface area contributed by atoms with E-state index in [-0.39, 0.29) is 17.8 Å². The molecular formula is C29H50O3S. The Kier molecular flexibility index (Phi) is 17.4.